The Kier molecular flexibility index (Phi) is 11.8. The van der Waals surface area contributed by atoms with Crippen LogP contribution in [0.15, 0.2) is 79.1 Å². The van der Waals surface area contributed by atoms with Gasteiger partial charge in [0.2, 0.25) is 11.8 Å². The van der Waals surface area contributed by atoms with Gasteiger partial charge in [0.1, 0.15) is 5.15 Å². The van der Waals surface area contributed by atoms with E-state index in [9.17, 15) is 14.7 Å². The van der Waals surface area contributed by atoms with E-state index >= 15 is 0 Å². The van der Waals surface area contributed by atoms with Crippen LogP contribution >= 0.6 is 23.2 Å². The van der Waals surface area contributed by atoms with Crippen LogP contribution in [0.2, 0.25) is 10.3 Å². The molecule has 12 heteroatoms. The van der Waals surface area contributed by atoms with Gasteiger partial charge >= 0.3 is 0 Å². The number of hydroxylamine groups is 1. The lowest BCUT2D eigenvalue weighted by molar-refractivity contribution is -0.252. The maximum absolute atomic E-state index is 12.2. The molecule has 0 radical (unpaired) electrons. The molecule has 4 aromatic rings. The van der Waals surface area contributed by atoms with E-state index in [1.54, 1.807) is 16.4 Å². The normalized spacial score (nSPS) is 17.9. The number of imidazole rings is 1. The quantitative estimate of drug-likeness (QED) is 0.0750. The van der Waals surface area contributed by atoms with Gasteiger partial charge in [0.05, 0.1) is 31.7 Å². The van der Waals surface area contributed by atoms with E-state index in [1.165, 1.54) is 0 Å². The molecule has 0 saturated carbocycles. The van der Waals surface area contributed by atoms with Crippen molar-refractivity contribution in [3.05, 3.63) is 112 Å². The number of carbonyl (C=O) groups excluding carboxylic acids is 2. The van der Waals surface area contributed by atoms with Crippen molar-refractivity contribution in [3.8, 4) is 11.1 Å². The molecule has 242 valence electrons. The number of aliphatic hydroxyl groups is 1. The van der Waals surface area contributed by atoms with E-state index < -0.39 is 12.2 Å². The van der Waals surface area contributed by atoms with Crippen molar-refractivity contribution in [2.45, 2.75) is 70.3 Å². The zero-order valence-electron chi connectivity index (χ0n) is 25.1. The summed E-state index contributed by atoms with van der Waals surface area (Å²) in [4.78, 5) is 27.4. The Bertz CT molecular complexity index is 1610. The van der Waals surface area contributed by atoms with Gasteiger partial charge in [-0.1, -0.05) is 89.9 Å². The molecule has 1 aromatic heterocycles. The number of benzene rings is 3. The summed E-state index contributed by atoms with van der Waals surface area (Å²) in [6.45, 7) is 0.810. The molecule has 0 unspecified atom stereocenters. The highest BCUT2D eigenvalue weighted by Crippen LogP contribution is 2.39. The second-order valence-electron chi connectivity index (χ2n) is 11.2. The molecule has 2 amide bonds. The van der Waals surface area contributed by atoms with Gasteiger partial charge in [0.15, 0.2) is 11.4 Å². The van der Waals surface area contributed by atoms with Gasteiger partial charge in [0.25, 0.3) is 0 Å². The van der Waals surface area contributed by atoms with Crippen molar-refractivity contribution in [1.82, 2.24) is 20.3 Å². The largest absolute Gasteiger partial charge is 0.392 e. The van der Waals surface area contributed by atoms with E-state index in [0.29, 0.717) is 43.9 Å². The maximum atomic E-state index is 12.2. The molecule has 10 nitrogen and oxygen atoms in total. The summed E-state index contributed by atoms with van der Waals surface area (Å²) in [7, 11) is 0. The summed E-state index contributed by atoms with van der Waals surface area (Å²) in [6, 6.07) is 23.7. The molecule has 5 rings (SSSR count). The molecule has 4 N–H and O–H groups in total. The third kappa shape index (κ3) is 8.94. The van der Waals surface area contributed by atoms with Crippen LogP contribution in [0.4, 0.5) is 0 Å². The van der Waals surface area contributed by atoms with Gasteiger partial charge in [-0.05, 0) is 46.7 Å². The molecule has 1 aliphatic heterocycles. The predicted octanol–water partition coefficient (Wildman–Crippen LogP) is 6.28. The summed E-state index contributed by atoms with van der Waals surface area (Å²) >= 11 is 12.4. The lowest BCUT2D eigenvalue weighted by Crippen LogP contribution is -2.32. The molecule has 1 fully saturated rings. The molecule has 0 aliphatic carbocycles. The Balaban J connectivity index is 1.24. The second-order valence-corrected chi connectivity index (χ2v) is 11.9. The molecular weight excluding hydrogens is 631 g/mol. The first kappa shape index (κ1) is 33.6. The first-order valence-electron chi connectivity index (χ1n) is 15.1. The Morgan fingerprint density at radius 3 is 2.28 bits per heavy atom. The van der Waals surface area contributed by atoms with Crippen LogP contribution in [0.1, 0.15) is 66.8 Å². The number of aromatic nitrogens is 2. The molecule has 1 saturated heterocycles. The third-order valence-electron chi connectivity index (χ3n) is 7.86. The van der Waals surface area contributed by atoms with Crippen molar-refractivity contribution in [3.63, 3.8) is 0 Å². The summed E-state index contributed by atoms with van der Waals surface area (Å²) in [6.07, 6.45) is 2.63. The van der Waals surface area contributed by atoms with Gasteiger partial charge < -0.3 is 24.5 Å². The van der Waals surface area contributed by atoms with E-state index in [0.717, 1.165) is 33.4 Å². The molecule has 3 atom stereocenters. The number of nitrogens with one attached hydrogen (secondary N) is 2. The molecule has 2 heterocycles. The number of halogens is 2. The Labute approximate surface area is 277 Å². The van der Waals surface area contributed by atoms with Crippen LogP contribution < -0.4 is 10.8 Å². The fourth-order valence-corrected chi connectivity index (χ4v) is 5.65. The molecule has 3 aromatic carbocycles. The first-order chi connectivity index (χ1) is 22.3. The number of unbranched alkanes of at least 4 members (excludes halogenated alkanes) is 1. The first-order valence-corrected chi connectivity index (χ1v) is 15.8. The Morgan fingerprint density at radius 1 is 0.891 bits per heavy atom. The minimum Gasteiger partial charge on any atom is -0.392 e. The van der Waals surface area contributed by atoms with Crippen LogP contribution in [0.5, 0.6) is 0 Å². The topological polar surface area (TPSA) is 135 Å². The number of amides is 2. The summed E-state index contributed by atoms with van der Waals surface area (Å²) in [5.74, 6) is -0.546. The van der Waals surface area contributed by atoms with Crippen molar-refractivity contribution in [2.75, 3.05) is 0 Å². The van der Waals surface area contributed by atoms with Crippen molar-refractivity contribution in [2.24, 2.45) is 0 Å². The van der Waals surface area contributed by atoms with E-state index in [4.69, 9.17) is 37.9 Å². The van der Waals surface area contributed by atoms with Gasteiger partial charge in [-0.15, -0.1) is 0 Å². The standard InChI is InChI=1S/C34H36Cl2N4O6/c35-32-33(36)40(21-38-32)19-28-17-29(25-10-8-22(20-41)9-11-25)46-34(45-28)26-14-12-24(13-15-26)27-5-3-4-23(16-27)18-37-30(42)6-1-2-7-31(43)39-44/h3-5,8-16,21,28-29,34,41,44H,1-2,6-7,17-20H2,(H,37,42)(H,39,43)/t28-,29+,34+/m1/s1. The van der Waals surface area contributed by atoms with Gasteiger partial charge in [-0.3, -0.25) is 14.8 Å². The number of nitrogens with zero attached hydrogens (tertiary/aromatic N) is 2. The monoisotopic (exact) mass is 666 g/mol. The number of rotatable bonds is 13. The fourth-order valence-electron chi connectivity index (χ4n) is 5.33. The average Bonchev–Trinajstić information content (AvgIpc) is 3.41. The summed E-state index contributed by atoms with van der Waals surface area (Å²) in [5.41, 5.74) is 7.24. The summed E-state index contributed by atoms with van der Waals surface area (Å²) in [5, 5.41) is 21.5. The van der Waals surface area contributed by atoms with Crippen molar-refractivity contribution in [1.29, 1.82) is 0 Å². The smallest absolute Gasteiger partial charge is 0.243 e. The summed E-state index contributed by atoms with van der Waals surface area (Å²) < 4.78 is 14.7. The highest BCUT2D eigenvalue weighted by molar-refractivity contribution is 6.40. The number of carbonyl (C=O) groups is 2. The number of hydrogen-bond acceptors (Lipinski definition) is 7. The predicted molar refractivity (Wildman–Crippen MR) is 173 cm³/mol. The van der Waals surface area contributed by atoms with Crippen LogP contribution in [0.3, 0.4) is 0 Å². The zero-order chi connectivity index (χ0) is 32.5. The van der Waals surface area contributed by atoms with Gasteiger partial charge in [0, 0.05) is 31.4 Å². The van der Waals surface area contributed by atoms with Gasteiger partial charge in [-0.25, -0.2) is 10.5 Å². The Morgan fingerprint density at radius 2 is 1.61 bits per heavy atom. The van der Waals surface area contributed by atoms with Crippen molar-refractivity contribution < 1.29 is 29.4 Å². The van der Waals surface area contributed by atoms with Crippen LogP contribution in [0.25, 0.3) is 11.1 Å². The van der Waals surface area contributed by atoms with Gasteiger partial charge in [-0.2, -0.15) is 0 Å². The van der Waals surface area contributed by atoms with E-state index in [2.05, 4.69) is 10.3 Å². The fraction of sp³-hybridized carbons (Fsp3) is 0.324. The molecular formula is C34H36Cl2N4O6. The van der Waals surface area contributed by atoms with Crippen LogP contribution in [-0.4, -0.2) is 37.8 Å². The third-order valence-corrected chi connectivity index (χ3v) is 8.63. The molecule has 0 spiro atoms. The number of hydrogen-bond donors (Lipinski definition) is 4. The minimum absolute atomic E-state index is 0.0288. The highest BCUT2D eigenvalue weighted by Gasteiger charge is 2.33. The molecule has 46 heavy (non-hydrogen) atoms. The molecule has 0 bridgehead atoms. The zero-order valence-corrected chi connectivity index (χ0v) is 26.6. The Hall–Kier alpha value is -3.77. The van der Waals surface area contributed by atoms with E-state index in [-0.39, 0.29) is 36.3 Å². The number of aliphatic hydroxyl groups excluding tert-OH is 1. The second kappa shape index (κ2) is 16.2. The lowest BCUT2D eigenvalue weighted by atomic mass is 9.99. The number of ether oxygens (including phenoxy) is 2. The van der Waals surface area contributed by atoms with Crippen LogP contribution in [0, 0.1) is 0 Å². The minimum atomic E-state index is -0.632. The van der Waals surface area contributed by atoms with Crippen molar-refractivity contribution >= 4 is 35.0 Å². The van der Waals surface area contributed by atoms with Crippen LogP contribution in [-0.2, 0) is 38.8 Å². The molecule has 1 aliphatic rings. The van der Waals surface area contributed by atoms with E-state index in [1.807, 2.05) is 72.8 Å². The lowest BCUT2D eigenvalue weighted by Gasteiger charge is -2.36. The maximum Gasteiger partial charge on any atom is 0.243 e. The highest BCUT2D eigenvalue weighted by atomic mass is 35.5. The average molecular weight is 668 g/mol. The SMILES string of the molecule is O=C(CCCCC(=O)NCc1cccc(-c2ccc([C@H]3O[C@@H](Cn4cnc(Cl)c4Cl)C[C@@H](c4ccc(CO)cc4)O3)cc2)c1)NO.